The molecule has 3 nitrogen and oxygen atoms in total. The Morgan fingerprint density at radius 1 is 1.47 bits per heavy atom. The number of aromatic nitrogens is 1. The Morgan fingerprint density at radius 3 is 3.07 bits per heavy atom. The van der Waals surface area contributed by atoms with Crippen LogP contribution in [0.1, 0.15) is 32.6 Å². The van der Waals surface area contributed by atoms with Crippen LogP contribution in [0, 0.1) is 5.92 Å². The lowest BCUT2D eigenvalue weighted by atomic mass is 9.87. The lowest BCUT2D eigenvalue weighted by Crippen LogP contribution is -2.26. The van der Waals surface area contributed by atoms with Gasteiger partial charge in [0.15, 0.2) is 0 Å². The Morgan fingerprint density at radius 2 is 2.33 bits per heavy atom. The van der Waals surface area contributed by atoms with E-state index in [0.717, 1.165) is 17.3 Å². The van der Waals surface area contributed by atoms with Crippen LogP contribution in [0.15, 0.2) is 18.5 Å². The molecule has 0 aliphatic heterocycles. The zero-order valence-electron chi connectivity index (χ0n) is 9.24. The van der Waals surface area contributed by atoms with Crippen molar-refractivity contribution in [1.82, 2.24) is 4.98 Å². The zero-order chi connectivity index (χ0) is 10.7. The lowest BCUT2D eigenvalue weighted by Gasteiger charge is -2.28. The minimum absolute atomic E-state index is 0.582. The highest BCUT2D eigenvalue weighted by atomic mass is 14.9. The van der Waals surface area contributed by atoms with E-state index in [4.69, 9.17) is 5.73 Å². The van der Waals surface area contributed by atoms with E-state index in [-0.39, 0.29) is 0 Å². The van der Waals surface area contributed by atoms with Gasteiger partial charge in [0.25, 0.3) is 0 Å². The van der Waals surface area contributed by atoms with E-state index < -0.39 is 0 Å². The van der Waals surface area contributed by atoms with Crippen LogP contribution in [-0.2, 0) is 0 Å². The topological polar surface area (TPSA) is 50.9 Å². The Labute approximate surface area is 91.1 Å². The lowest BCUT2D eigenvalue weighted by molar-refractivity contribution is 0.359. The highest BCUT2D eigenvalue weighted by Crippen LogP contribution is 2.27. The predicted octanol–water partition coefficient (Wildman–Crippen LogP) is 2.65. The monoisotopic (exact) mass is 205 g/mol. The van der Waals surface area contributed by atoms with Gasteiger partial charge in [0, 0.05) is 12.2 Å². The standard InChI is InChI=1S/C12H19N3/c1-9-3-2-4-10(7-9)15-12-5-6-14-8-11(12)13/h5-6,8-10H,2-4,7,13H2,1H3,(H,14,15). The SMILES string of the molecule is CC1CCCC(Nc2ccncc2N)C1. The van der Waals surface area contributed by atoms with Crippen LogP contribution >= 0.6 is 0 Å². The second kappa shape index (κ2) is 4.51. The van der Waals surface area contributed by atoms with Gasteiger partial charge in [-0.1, -0.05) is 19.8 Å². The number of hydrogen-bond donors (Lipinski definition) is 2. The first kappa shape index (κ1) is 10.3. The molecule has 1 aliphatic carbocycles. The number of nitrogens with zero attached hydrogens (tertiary/aromatic N) is 1. The maximum atomic E-state index is 5.85. The average molecular weight is 205 g/mol. The summed E-state index contributed by atoms with van der Waals surface area (Å²) >= 11 is 0. The molecule has 3 heteroatoms. The summed E-state index contributed by atoms with van der Waals surface area (Å²) < 4.78 is 0. The summed E-state index contributed by atoms with van der Waals surface area (Å²) in [4.78, 5) is 3.99. The number of nitrogens with one attached hydrogen (secondary N) is 1. The fourth-order valence-electron chi connectivity index (χ4n) is 2.32. The normalized spacial score (nSPS) is 26.2. The molecule has 1 saturated carbocycles. The molecule has 2 rings (SSSR count). The van der Waals surface area contributed by atoms with Gasteiger partial charge in [0.1, 0.15) is 0 Å². The van der Waals surface area contributed by atoms with Gasteiger partial charge < -0.3 is 11.1 Å². The first-order valence-electron chi connectivity index (χ1n) is 5.71. The van der Waals surface area contributed by atoms with Gasteiger partial charge >= 0.3 is 0 Å². The van der Waals surface area contributed by atoms with Crippen LogP contribution in [0.5, 0.6) is 0 Å². The number of nitrogen functional groups attached to an aromatic ring is 1. The summed E-state index contributed by atoms with van der Waals surface area (Å²) in [5.74, 6) is 0.833. The molecule has 0 spiro atoms. The molecule has 15 heavy (non-hydrogen) atoms. The maximum Gasteiger partial charge on any atom is 0.0736 e. The number of rotatable bonds is 2. The van der Waals surface area contributed by atoms with Gasteiger partial charge in [-0.2, -0.15) is 0 Å². The number of nitrogens with two attached hydrogens (primary N) is 1. The molecule has 0 saturated heterocycles. The van der Waals surface area contributed by atoms with E-state index in [0.29, 0.717) is 6.04 Å². The zero-order valence-corrected chi connectivity index (χ0v) is 9.24. The molecule has 1 fully saturated rings. The van der Waals surface area contributed by atoms with E-state index in [1.54, 1.807) is 12.4 Å². The Kier molecular flexibility index (Phi) is 3.09. The summed E-state index contributed by atoms with van der Waals surface area (Å²) in [6, 6.07) is 2.53. The first-order valence-corrected chi connectivity index (χ1v) is 5.71. The third-order valence-corrected chi connectivity index (χ3v) is 3.15. The average Bonchev–Trinajstić information content (AvgIpc) is 2.22. The summed E-state index contributed by atoms with van der Waals surface area (Å²) in [6.07, 6.45) is 8.68. The molecule has 1 heterocycles. The number of pyridine rings is 1. The highest BCUT2D eigenvalue weighted by Gasteiger charge is 2.18. The minimum atomic E-state index is 0.582. The molecule has 0 amide bonds. The van der Waals surface area contributed by atoms with Crippen molar-refractivity contribution in [3.63, 3.8) is 0 Å². The summed E-state index contributed by atoms with van der Waals surface area (Å²) in [7, 11) is 0. The molecule has 3 N–H and O–H groups in total. The van der Waals surface area contributed by atoms with Gasteiger partial charge in [0.2, 0.25) is 0 Å². The second-order valence-electron chi connectivity index (χ2n) is 4.58. The van der Waals surface area contributed by atoms with Crippen molar-refractivity contribution in [3.05, 3.63) is 18.5 Å². The maximum absolute atomic E-state index is 5.85. The van der Waals surface area contributed by atoms with Crippen molar-refractivity contribution in [2.45, 2.75) is 38.6 Å². The second-order valence-corrected chi connectivity index (χ2v) is 4.58. The first-order chi connectivity index (χ1) is 7.25. The number of hydrogen-bond acceptors (Lipinski definition) is 3. The van der Waals surface area contributed by atoms with Crippen LogP contribution in [0.3, 0.4) is 0 Å². The molecule has 0 aromatic carbocycles. The summed E-state index contributed by atoms with van der Waals surface area (Å²) in [5, 5.41) is 3.51. The van der Waals surface area contributed by atoms with E-state index in [1.807, 2.05) is 6.07 Å². The van der Waals surface area contributed by atoms with Crippen LogP contribution < -0.4 is 11.1 Å². The van der Waals surface area contributed by atoms with Crippen LogP contribution in [0.25, 0.3) is 0 Å². The molecule has 0 radical (unpaired) electrons. The fourth-order valence-corrected chi connectivity index (χ4v) is 2.32. The molecular weight excluding hydrogens is 186 g/mol. The van der Waals surface area contributed by atoms with Gasteiger partial charge in [-0.25, -0.2) is 0 Å². The van der Waals surface area contributed by atoms with Gasteiger partial charge in [-0.3, -0.25) is 4.98 Å². The number of anilines is 2. The van der Waals surface area contributed by atoms with E-state index in [2.05, 4.69) is 17.2 Å². The fraction of sp³-hybridized carbons (Fsp3) is 0.583. The third kappa shape index (κ3) is 2.61. The predicted molar refractivity (Wildman–Crippen MR) is 63.7 cm³/mol. The smallest absolute Gasteiger partial charge is 0.0736 e. The molecule has 1 aromatic rings. The molecule has 1 aromatic heterocycles. The van der Waals surface area contributed by atoms with E-state index in [9.17, 15) is 0 Å². The van der Waals surface area contributed by atoms with Crippen molar-refractivity contribution in [2.75, 3.05) is 11.1 Å². The molecule has 0 bridgehead atoms. The Balaban J connectivity index is 1.99. The molecular formula is C12H19N3. The van der Waals surface area contributed by atoms with Crippen molar-refractivity contribution < 1.29 is 0 Å². The van der Waals surface area contributed by atoms with E-state index >= 15 is 0 Å². The molecule has 1 aliphatic rings. The molecule has 2 unspecified atom stereocenters. The van der Waals surface area contributed by atoms with Crippen LogP contribution in [0.2, 0.25) is 0 Å². The van der Waals surface area contributed by atoms with Crippen LogP contribution in [0.4, 0.5) is 11.4 Å². The van der Waals surface area contributed by atoms with Crippen molar-refractivity contribution in [2.24, 2.45) is 5.92 Å². The largest absolute Gasteiger partial charge is 0.396 e. The third-order valence-electron chi connectivity index (χ3n) is 3.15. The minimum Gasteiger partial charge on any atom is -0.396 e. The van der Waals surface area contributed by atoms with Crippen LogP contribution in [-0.4, -0.2) is 11.0 Å². The van der Waals surface area contributed by atoms with Gasteiger partial charge in [0.05, 0.1) is 17.6 Å². The van der Waals surface area contributed by atoms with Crippen molar-refractivity contribution in [1.29, 1.82) is 0 Å². The summed E-state index contributed by atoms with van der Waals surface area (Å²) in [5.41, 5.74) is 7.62. The van der Waals surface area contributed by atoms with Crippen molar-refractivity contribution in [3.8, 4) is 0 Å². The van der Waals surface area contributed by atoms with Gasteiger partial charge in [-0.05, 0) is 24.8 Å². The van der Waals surface area contributed by atoms with Gasteiger partial charge in [-0.15, -0.1) is 0 Å². The Bertz CT molecular complexity index is 324. The molecule has 82 valence electrons. The van der Waals surface area contributed by atoms with Crippen molar-refractivity contribution >= 4 is 11.4 Å². The highest BCUT2D eigenvalue weighted by molar-refractivity contribution is 5.64. The van der Waals surface area contributed by atoms with E-state index in [1.165, 1.54) is 25.7 Å². The quantitative estimate of drug-likeness (QED) is 0.780. The Hall–Kier alpha value is -1.25. The molecule has 2 atom stereocenters. The summed E-state index contributed by atoms with van der Waals surface area (Å²) in [6.45, 7) is 2.32.